The molecule has 0 aliphatic heterocycles. The molecular weight excluding hydrogens is 568 g/mol. The van der Waals surface area contributed by atoms with Gasteiger partial charge in [-0.15, -0.1) is 0 Å². The fourth-order valence-electron chi connectivity index (χ4n) is 5.94. The maximum atomic E-state index is 12.2. The van der Waals surface area contributed by atoms with Gasteiger partial charge in [0.05, 0.1) is 6.10 Å². The van der Waals surface area contributed by atoms with E-state index in [2.05, 4.69) is 50.3 Å². The number of hydrogen-bond donors (Lipinski definition) is 1. The molecule has 0 aromatic heterocycles. The molecule has 4 heteroatoms. The van der Waals surface area contributed by atoms with Crippen molar-refractivity contribution in [2.75, 3.05) is 0 Å². The van der Waals surface area contributed by atoms with Crippen LogP contribution in [0.15, 0.2) is 36.5 Å². The molecule has 0 aliphatic carbocycles. The summed E-state index contributed by atoms with van der Waals surface area (Å²) in [6, 6.07) is 0. The molecule has 1 atom stereocenters. The number of ether oxygens (including phenoxy) is 1. The predicted octanol–water partition coefficient (Wildman–Crippen LogP) is 13.8. The quantitative estimate of drug-likeness (QED) is 0.0419. The molecule has 0 bridgehead atoms. The lowest BCUT2D eigenvalue weighted by Crippen LogP contribution is -2.14. The van der Waals surface area contributed by atoms with Gasteiger partial charge in [0.25, 0.3) is 0 Å². The predicted molar refractivity (Wildman–Crippen MR) is 199 cm³/mol. The van der Waals surface area contributed by atoms with Crippen molar-refractivity contribution in [2.45, 2.75) is 219 Å². The van der Waals surface area contributed by atoms with Crippen molar-refractivity contribution in [3.05, 3.63) is 36.5 Å². The van der Waals surface area contributed by atoms with E-state index < -0.39 is 5.97 Å². The first kappa shape index (κ1) is 44.2. The lowest BCUT2D eigenvalue weighted by atomic mass is 10.0. The standard InChI is InChI=1S/C42H76O4/c1-3-4-5-6-7-8-9-10-11-12-13-14-18-21-24-27-30-33-36-39-42(45)46-40(2)37-34-31-28-25-22-19-16-15-17-20-23-26-29-32-35-38-41(43)44/h4-5,7-8,10-11,40H,3,6,9,12-39H2,1-2H3,(H,43,44)/b5-4-,8-7-,11-10-. The van der Waals surface area contributed by atoms with Crippen LogP contribution in [0.4, 0.5) is 0 Å². The number of rotatable bonds is 36. The van der Waals surface area contributed by atoms with Gasteiger partial charge < -0.3 is 9.84 Å². The van der Waals surface area contributed by atoms with Crippen molar-refractivity contribution in [3.63, 3.8) is 0 Å². The summed E-state index contributed by atoms with van der Waals surface area (Å²) in [7, 11) is 0. The van der Waals surface area contributed by atoms with Crippen LogP contribution in [0.1, 0.15) is 213 Å². The monoisotopic (exact) mass is 645 g/mol. The Morgan fingerprint density at radius 2 is 0.870 bits per heavy atom. The van der Waals surface area contributed by atoms with E-state index in [-0.39, 0.29) is 12.1 Å². The average molecular weight is 645 g/mol. The highest BCUT2D eigenvalue weighted by Crippen LogP contribution is 2.16. The maximum Gasteiger partial charge on any atom is 0.306 e. The molecule has 1 unspecified atom stereocenters. The maximum absolute atomic E-state index is 12.2. The van der Waals surface area contributed by atoms with Gasteiger partial charge in [0.1, 0.15) is 0 Å². The molecule has 1 N–H and O–H groups in total. The molecule has 0 rings (SSSR count). The van der Waals surface area contributed by atoms with E-state index in [1.807, 2.05) is 0 Å². The molecule has 0 aromatic rings. The molecule has 0 radical (unpaired) electrons. The van der Waals surface area contributed by atoms with Gasteiger partial charge in [0.15, 0.2) is 0 Å². The van der Waals surface area contributed by atoms with Crippen molar-refractivity contribution in [1.82, 2.24) is 0 Å². The van der Waals surface area contributed by atoms with Crippen molar-refractivity contribution in [3.8, 4) is 0 Å². The van der Waals surface area contributed by atoms with E-state index >= 15 is 0 Å². The van der Waals surface area contributed by atoms with Crippen molar-refractivity contribution in [2.24, 2.45) is 0 Å². The highest BCUT2D eigenvalue weighted by atomic mass is 16.5. The molecule has 0 spiro atoms. The second-order valence-electron chi connectivity index (χ2n) is 13.6. The van der Waals surface area contributed by atoms with Crippen molar-refractivity contribution < 1.29 is 19.4 Å². The van der Waals surface area contributed by atoms with E-state index in [0.717, 1.165) is 57.8 Å². The third-order valence-corrected chi connectivity index (χ3v) is 8.87. The van der Waals surface area contributed by atoms with Gasteiger partial charge in [0.2, 0.25) is 0 Å². The Bertz CT molecular complexity index is 738. The zero-order valence-electron chi connectivity index (χ0n) is 30.6. The van der Waals surface area contributed by atoms with E-state index in [1.165, 1.54) is 128 Å². The summed E-state index contributed by atoms with van der Waals surface area (Å²) in [5.74, 6) is -0.668. The number of allylic oxidation sites excluding steroid dienone is 6. The molecule has 0 saturated heterocycles. The normalized spacial score (nSPS) is 12.6. The van der Waals surface area contributed by atoms with E-state index in [0.29, 0.717) is 12.8 Å². The Balaban J connectivity index is 3.33. The largest absolute Gasteiger partial charge is 0.481 e. The Labute approximate surface area is 286 Å². The SMILES string of the molecule is CC/C=C\C/C=C\C/C=C\CCCCCCCCCCCC(=O)OC(C)CCCCCCCCCCCCCCCCCC(=O)O. The first-order chi connectivity index (χ1) is 22.6. The van der Waals surface area contributed by atoms with E-state index in [9.17, 15) is 9.59 Å². The van der Waals surface area contributed by atoms with Gasteiger partial charge in [-0.2, -0.15) is 0 Å². The van der Waals surface area contributed by atoms with E-state index in [4.69, 9.17) is 9.84 Å². The van der Waals surface area contributed by atoms with E-state index in [1.54, 1.807) is 0 Å². The Morgan fingerprint density at radius 1 is 0.500 bits per heavy atom. The Kier molecular flexibility index (Phi) is 36.1. The van der Waals surface area contributed by atoms with Gasteiger partial charge in [0, 0.05) is 12.8 Å². The summed E-state index contributed by atoms with van der Waals surface area (Å²) in [6.07, 6.45) is 50.1. The van der Waals surface area contributed by atoms with Gasteiger partial charge in [-0.05, 0) is 64.7 Å². The smallest absolute Gasteiger partial charge is 0.306 e. The molecule has 0 aromatic carbocycles. The molecule has 46 heavy (non-hydrogen) atoms. The van der Waals surface area contributed by atoms with Crippen LogP contribution in [0.5, 0.6) is 0 Å². The third-order valence-electron chi connectivity index (χ3n) is 8.87. The van der Waals surface area contributed by atoms with Crippen LogP contribution in [0.3, 0.4) is 0 Å². The highest BCUT2D eigenvalue weighted by Gasteiger charge is 2.09. The molecule has 268 valence electrons. The van der Waals surface area contributed by atoms with Gasteiger partial charge in [-0.1, -0.05) is 172 Å². The molecule has 4 nitrogen and oxygen atoms in total. The first-order valence-electron chi connectivity index (χ1n) is 19.9. The molecule has 0 heterocycles. The molecule has 0 amide bonds. The minimum absolute atomic E-state index is 0.00237. The Hall–Kier alpha value is -1.84. The fourth-order valence-corrected chi connectivity index (χ4v) is 5.94. The van der Waals surface area contributed by atoms with Gasteiger partial charge in [-0.25, -0.2) is 0 Å². The zero-order chi connectivity index (χ0) is 33.6. The summed E-state index contributed by atoms with van der Waals surface area (Å²) in [5.41, 5.74) is 0. The van der Waals surface area contributed by atoms with Crippen molar-refractivity contribution >= 4 is 11.9 Å². The number of aliphatic carboxylic acids is 1. The number of hydrogen-bond acceptors (Lipinski definition) is 3. The fraction of sp³-hybridized carbons (Fsp3) is 0.810. The number of unbranched alkanes of at least 4 members (excludes halogenated alkanes) is 23. The third kappa shape index (κ3) is 38.3. The second-order valence-corrected chi connectivity index (χ2v) is 13.6. The van der Waals surface area contributed by atoms with Crippen LogP contribution < -0.4 is 0 Å². The number of carbonyl (C=O) groups excluding carboxylic acids is 1. The number of carbonyl (C=O) groups is 2. The van der Waals surface area contributed by atoms with Crippen LogP contribution in [0.2, 0.25) is 0 Å². The van der Waals surface area contributed by atoms with Crippen molar-refractivity contribution in [1.29, 1.82) is 0 Å². The molecule has 0 fully saturated rings. The van der Waals surface area contributed by atoms with Crippen LogP contribution in [-0.4, -0.2) is 23.1 Å². The zero-order valence-corrected chi connectivity index (χ0v) is 30.6. The molecule has 0 aliphatic rings. The van der Waals surface area contributed by atoms with Crippen LogP contribution in [-0.2, 0) is 14.3 Å². The molecule has 0 saturated carbocycles. The summed E-state index contributed by atoms with van der Waals surface area (Å²) in [6.45, 7) is 4.23. The number of esters is 1. The minimum atomic E-state index is -0.666. The summed E-state index contributed by atoms with van der Waals surface area (Å²) in [5, 5.41) is 8.65. The number of carboxylic acid groups (broad SMARTS) is 1. The lowest BCUT2D eigenvalue weighted by molar-refractivity contribution is -0.148. The first-order valence-corrected chi connectivity index (χ1v) is 19.9. The summed E-state index contributed by atoms with van der Waals surface area (Å²) < 4.78 is 5.65. The highest BCUT2D eigenvalue weighted by molar-refractivity contribution is 5.69. The summed E-state index contributed by atoms with van der Waals surface area (Å²) in [4.78, 5) is 22.7. The second kappa shape index (κ2) is 37.6. The topological polar surface area (TPSA) is 63.6 Å². The van der Waals surface area contributed by atoms with Crippen LogP contribution in [0.25, 0.3) is 0 Å². The van der Waals surface area contributed by atoms with Crippen LogP contribution >= 0.6 is 0 Å². The summed E-state index contributed by atoms with van der Waals surface area (Å²) >= 11 is 0. The molecular formula is C42H76O4. The van der Waals surface area contributed by atoms with Gasteiger partial charge >= 0.3 is 11.9 Å². The average Bonchev–Trinajstić information content (AvgIpc) is 3.03. The Morgan fingerprint density at radius 3 is 1.33 bits per heavy atom. The lowest BCUT2D eigenvalue weighted by Gasteiger charge is -2.13. The van der Waals surface area contributed by atoms with Crippen LogP contribution in [0, 0.1) is 0 Å². The number of carboxylic acids is 1. The van der Waals surface area contributed by atoms with Gasteiger partial charge in [-0.3, -0.25) is 9.59 Å². The minimum Gasteiger partial charge on any atom is -0.481 e.